The van der Waals surface area contributed by atoms with Crippen LogP contribution in [0.15, 0.2) is 24.3 Å². The number of hydrogen-bond acceptors (Lipinski definition) is 6. The summed E-state index contributed by atoms with van der Waals surface area (Å²) in [6.45, 7) is 0. The fourth-order valence-electron chi connectivity index (χ4n) is 2.31. The van der Waals surface area contributed by atoms with Crippen molar-refractivity contribution in [2.45, 2.75) is 0 Å². The molecular formula is C15H6Cl4N4O2S. The first-order chi connectivity index (χ1) is 12.4. The van der Waals surface area contributed by atoms with Gasteiger partial charge in [-0.25, -0.2) is 0 Å². The Morgan fingerprint density at radius 2 is 1.35 bits per heavy atom. The summed E-state index contributed by atoms with van der Waals surface area (Å²) in [6, 6.07) is 6.03. The van der Waals surface area contributed by atoms with Crippen molar-refractivity contribution in [3.63, 3.8) is 0 Å². The van der Waals surface area contributed by atoms with E-state index in [-0.39, 0.29) is 31.6 Å². The molecule has 0 saturated carbocycles. The number of nitrogens with zero attached hydrogens (tertiary/aromatic N) is 4. The summed E-state index contributed by atoms with van der Waals surface area (Å²) >= 11 is 25.6. The number of aromatic hydroxyl groups is 2. The second-order valence-electron chi connectivity index (χ2n) is 5.15. The van der Waals surface area contributed by atoms with Crippen LogP contribution < -0.4 is 0 Å². The quantitative estimate of drug-likeness (QED) is 0.421. The molecule has 26 heavy (non-hydrogen) atoms. The van der Waals surface area contributed by atoms with Crippen LogP contribution in [0.2, 0.25) is 20.1 Å². The van der Waals surface area contributed by atoms with Crippen molar-refractivity contribution in [1.29, 1.82) is 0 Å². The molecule has 0 aliphatic heterocycles. The highest BCUT2D eigenvalue weighted by Gasteiger charge is 2.21. The first-order valence-electron chi connectivity index (χ1n) is 6.95. The Hall–Kier alpha value is -1.77. The molecule has 0 amide bonds. The predicted octanol–water partition coefficient (Wildman–Crippen LogP) is 5.54. The van der Waals surface area contributed by atoms with Gasteiger partial charge in [0.2, 0.25) is 4.96 Å². The van der Waals surface area contributed by atoms with Crippen LogP contribution in [0.4, 0.5) is 0 Å². The van der Waals surface area contributed by atoms with E-state index >= 15 is 0 Å². The molecule has 4 aromatic rings. The highest BCUT2D eigenvalue weighted by molar-refractivity contribution is 7.19. The molecule has 0 spiro atoms. The van der Waals surface area contributed by atoms with Gasteiger partial charge in [0, 0.05) is 11.1 Å². The van der Waals surface area contributed by atoms with Crippen molar-refractivity contribution in [1.82, 2.24) is 19.8 Å². The van der Waals surface area contributed by atoms with E-state index in [1.54, 1.807) is 12.1 Å². The summed E-state index contributed by atoms with van der Waals surface area (Å²) in [5, 5.41) is 32.8. The van der Waals surface area contributed by atoms with Gasteiger partial charge in [0.1, 0.15) is 26.6 Å². The topological polar surface area (TPSA) is 83.5 Å². The van der Waals surface area contributed by atoms with Gasteiger partial charge < -0.3 is 10.2 Å². The minimum atomic E-state index is -0.134. The van der Waals surface area contributed by atoms with E-state index in [4.69, 9.17) is 46.4 Å². The average molecular weight is 448 g/mol. The lowest BCUT2D eigenvalue weighted by atomic mass is 10.2. The monoisotopic (exact) mass is 446 g/mol. The lowest BCUT2D eigenvalue weighted by Crippen LogP contribution is -1.92. The molecule has 6 nitrogen and oxygen atoms in total. The van der Waals surface area contributed by atoms with Crippen molar-refractivity contribution < 1.29 is 10.2 Å². The molecule has 2 N–H and O–H groups in total. The van der Waals surface area contributed by atoms with Crippen LogP contribution in [0.25, 0.3) is 26.9 Å². The molecule has 2 heterocycles. The highest BCUT2D eigenvalue weighted by atomic mass is 35.5. The number of halogens is 4. The number of fused-ring (bicyclic) bond motifs is 1. The zero-order valence-corrected chi connectivity index (χ0v) is 16.3. The zero-order valence-electron chi connectivity index (χ0n) is 12.4. The van der Waals surface area contributed by atoms with Gasteiger partial charge in [-0.15, -0.1) is 10.2 Å². The van der Waals surface area contributed by atoms with Gasteiger partial charge in [0.15, 0.2) is 5.82 Å². The molecule has 0 fully saturated rings. The molecular weight excluding hydrogens is 442 g/mol. The molecule has 0 radical (unpaired) electrons. The van der Waals surface area contributed by atoms with Crippen molar-refractivity contribution in [3.05, 3.63) is 44.4 Å². The number of benzene rings is 2. The fourth-order valence-corrected chi connectivity index (χ4v) is 4.06. The van der Waals surface area contributed by atoms with Crippen molar-refractivity contribution in [3.8, 4) is 33.5 Å². The zero-order chi connectivity index (χ0) is 18.6. The lowest BCUT2D eigenvalue weighted by Gasteiger charge is -2.05. The summed E-state index contributed by atoms with van der Waals surface area (Å²) in [7, 11) is 0. The van der Waals surface area contributed by atoms with Crippen LogP contribution in [-0.4, -0.2) is 30.0 Å². The number of phenolic OH excluding ortho intramolecular Hbond substituents is 2. The van der Waals surface area contributed by atoms with Crippen LogP contribution >= 0.6 is 57.7 Å². The summed E-state index contributed by atoms with van der Waals surface area (Å²) < 4.78 is 1.49. The molecule has 0 bridgehead atoms. The van der Waals surface area contributed by atoms with E-state index in [0.717, 1.165) is 0 Å². The van der Waals surface area contributed by atoms with Gasteiger partial charge >= 0.3 is 0 Å². The molecule has 2 aromatic heterocycles. The normalized spacial score (nSPS) is 11.4. The third-order valence-electron chi connectivity index (χ3n) is 3.59. The Labute approximate surface area is 170 Å². The summed E-state index contributed by atoms with van der Waals surface area (Å²) in [5.41, 5.74) is 1.01. The minimum absolute atomic E-state index is 0.0183. The van der Waals surface area contributed by atoms with Gasteiger partial charge in [0.25, 0.3) is 0 Å². The maximum Gasteiger partial charge on any atom is 0.235 e. The Kier molecular flexibility index (Phi) is 4.37. The van der Waals surface area contributed by atoms with E-state index in [0.29, 0.717) is 26.9 Å². The Morgan fingerprint density at radius 3 is 2.00 bits per heavy atom. The molecule has 0 saturated heterocycles. The van der Waals surface area contributed by atoms with E-state index < -0.39 is 0 Å². The van der Waals surface area contributed by atoms with Crippen LogP contribution in [0.1, 0.15) is 0 Å². The molecule has 0 aliphatic carbocycles. The maximum absolute atomic E-state index is 9.65. The highest BCUT2D eigenvalue weighted by Crippen LogP contribution is 2.42. The smallest absolute Gasteiger partial charge is 0.235 e. The average Bonchev–Trinajstić information content (AvgIpc) is 3.19. The first kappa shape index (κ1) is 17.6. The van der Waals surface area contributed by atoms with Gasteiger partial charge in [-0.05, 0) is 24.3 Å². The van der Waals surface area contributed by atoms with Gasteiger partial charge in [-0.1, -0.05) is 57.7 Å². The SMILES string of the molecule is Oc1ccc(-c2nn3c(-c4ccc(O)c(Cl)c4Cl)nnc3s2)c(Cl)c1Cl. The van der Waals surface area contributed by atoms with E-state index in [2.05, 4.69) is 15.3 Å². The van der Waals surface area contributed by atoms with E-state index in [1.165, 1.54) is 28.0 Å². The van der Waals surface area contributed by atoms with Gasteiger partial charge in [-0.3, -0.25) is 0 Å². The maximum atomic E-state index is 9.65. The number of aromatic nitrogens is 4. The fraction of sp³-hybridized carbons (Fsp3) is 0. The van der Waals surface area contributed by atoms with Crippen LogP contribution in [0.3, 0.4) is 0 Å². The van der Waals surface area contributed by atoms with E-state index in [9.17, 15) is 10.2 Å². The van der Waals surface area contributed by atoms with Gasteiger partial charge in [0.05, 0.1) is 10.0 Å². The summed E-state index contributed by atoms with van der Waals surface area (Å²) in [5.74, 6) is 0.107. The second-order valence-corrected chi connectivity index (χ2v) is 7.61. The van der Waals surface area contributed by atoms with Crippen LogP contribution in [0.5, 0.6) is 11.5 Å². The van der Waals surface area contributed by atoms with E-state index in [1.807, 2.05) is 0 Å². The molecule has 11 heteroatoms. The molecule has 0 atom stereocenters. The van der Waals surface area contributed by atoms with Gasteiger partial charge in [-0.2, -0.15) is 9.61 Å². The Bertz CT molecular complexity index is 1170. The number of hydrogen-bond donors (Lipinski definition) is 2. The Balaban J connectivity index is 1.89. The van der Waals surface area contributed by atoms with Crippen LogP contribution in [0, 0.1) is 0 Å². The largest absolute Gasteiger partial charge is 0.506 e. The number of phenols is 2. The molecule has 4 rings (SSSR count). The Morgan fingerprint density at radius 1 is 0.769 bits per heavy atom. The van der Waals surface area contributed by atoms with Crippen molar-refractivity contribution in [2.75, 3.05) is 0 Å². The molecule has 0 aliphatic rings. The minimum Gasteiger partial charge on any atom is -0.506 e. The summed E-state index contributed by atoms with van der Waals surface area (Å²) in [6.07, 6.45) is 0. The molecule has 132 valence electrons. The van der Waals surface area contributed by atoms with Crippen molar-refractivity contribution in [2.24, 2.45) is 0 Å². The van der Waals surface area contributed by atoms with Crippen molar-refractivity contribution >= 4 is 62.7 Å². The third kappa shape index (κ3) is 2.67. The predicted molar refractivity (Wildman–Crippen MR) is 103 cm³/mol. The third-order valence-corrected chi connectivity index (χ3v) is 6.26. The second kappa shape index (κ2) is 6.44. The molecule has 0 unspecified atom stereocenters. The molecule has 2 aromatic carbocycles. The summed E-state index contributed by atoms with van der Waals surface area (Å²) in [4.78, 5) is 0.496. The van der Waals surface area contributed by atoms with Crippen LogP contribution in [-0.2, 0) is 0 Å². The first-order valence-corrected chi connectivity index (χ1v) is 9.28. The number of rotatable bonds is 2. The standard InChI is InChI=1S/C15H6Cl4N4O2S/c16-9-5(1-3-7(24)11(9)18)13-20-21-15-23(13)22-14(26-15)6-2-4-8(25)12(19)10(6)17/h1-4,24-25H. The lowest BCUT2D eigenvalue weighted by molar-refractivity contribution is 0.475.